The molecule has 0 saturated carbocycles. The third-order valence-electron chi connectivity index (χ3n) is 1.98. The lowest BCUT2D eigenvalue weighted by atomic mass is 10.2. The second-order valence-corrected chi connectivity index (χ2v) is 5.44. The summed E-state index contributed by atoms with van der Waals surface area (Å²) in [4.78, 5) is 15.6. The van der Waals surface area contributed by atoms with Crippen molar-refractivity contribution in [2.75, 3.05) is 6.61 Å². The fraction of sp³-hybridized carbons (Fsp3) is 0.200. The van der Waals surface area contributed by atoms with E-state index in [1.165, 1.54) is 17.5 Å². The molecule has 84 valence electrons. The van der Waals surface area contributed by atoms with Gasteiger partial charge in [0.05, 0.1) is 20.6 Å². The van der Waals surface area contributed by atoms with Crippen LogP contribution in [0.1, 0.15) is 17.3 Å². The maximum Gasteiger partial charge on any atom is 0.343 e. The van der Waals surface area contributed by atoms with E-state index in [1.807, 2.05) is 0 Å². The number of thiophene rings is 1. The van der Waals surface area contributed by atoms with Crippen molar-refractivity contribution in [3.8, 4) is 5.75 Å². The van der Waals surface area contributed by atoms with E-state index in [4.69, 9.17) is 4.74 Å². The molecule has 0 aliphatic heterocycles. The Kier molecular flexibility index (Phi) is 3.11. The molecular formula is C10H8BrNO3S. The van der Waals surface area contributed by atoms with Crippen LogP contribution in [0, 0.1) is 0 Å². The molecule has 0 bridgehead atoms. The highest BCUT2D eigenvalue weighted by molar-refractivity contribution is 9.11. The van der Waals surface area contributed by atoms with E-state index in [9.17, 15) is 9.90 Å². The van der Waals surface area contributed by atoms with Crippen LogP contribution >= 0.6 is 27.3 Å². The molecule has 6 heteroatoms. The van der Waals surface area contributed by atoms with Crippen molar-refractivity contribution in [3.63, 3.8) is 0 Å². The van der Waals surface area contributed by atoms with Crippen LogP contribution in [-0.4, -0.2) is 22.7 Å². The minimum atomic E-state index is -0.557. The second kappa shape index (κ2) is 4.39. The summed E-state index contributed by atoms with van der Waals surface area (Å²) in [6, 6.07) is 1.79. The molecule has 2 aromatic heterocycles. The summed E-state index contributed by atoms with van der Waals surface area (Å²) in [7, 11) is 0. The van der Waals surface area contributed by atoms with Gasteiger partial charge in [-0.15, -0.1) is 11.3 Å². The van der Waals surface area contributed by atoms with Gasteiger partial charge < -0.3 is 9.84 Å². The van der Waals surface area contributed by atoms with Gasteiger partial charge in [0, 0.05) is 6.20 Å². The molecule has 1 N–H and O–H groups in total. The minimum absolute atomic E-state index is 0.0702. The van der Waals surface area contributed by atoms with Gasteiger partial charge in [-0.2, -0.15) is 0 Å². The first-order valence-electron chi connectivity index (χ1n) is 4.57. The molecule has 16 heavy (non-hydrogen) atoms. The van der Waals surface area contributed by atoms with Crippen molar-refractivity contribution >= 4 is 43.5 Å². The van der Waals surface area contributed by atoms with Gasteiger partial charge in [-0.3, -0.25) is 4.98 Å². The van der Waals surface area contributed by atoms with E-state index in [0.717, 1.165) is 3.79 Å². The number of hydrogen-bond acceptors (Lipinski definition) is 5. The smallest absolute Gasteiger partial charge is 0.343 e. The maximum atomic E-state index is 11.5. The molecule has 2 aromatic rings. The maximum absolute atomic E-state index is 11.5. The third kappa shape index (κ3) is 1.90. The first-order chi connectivity index (χ1) is 7.63. The van der Waals surface area contributed by atoms with E-state index in [1.54, 1.807) is 13.0 Å². The number of ether oxygens (including phenoxy) is 1. The number of fused-ring (bicyclic) bond motifs is 1. The number of pyridine rings is 1. The molecule has 0 aliphatic carbocycles. The van der Waals surface area contributed by atoms with Crippen LogP contribution in [0.2, 0.25) is 0 Å². The average Bonchev–Trinajstić information content (AvgIpc) is 2.60. The molecule has 0 spiro atoms. The van der Waals surface area contributed by atoms with Crippen LogP contribution in [0.5, 0.6) is 5.75 Å². The second-order valence-electron chi connectivity index (χ2n) is 3.01. The first kappa shape index (κ1) is 11.3. The van der Waals surface area contributed by atoms with Crippen molar-refractivity contribution in [1.29, 1.82) is 0 Å². The predicted molar refractivity (Wildman–Crippen MR) is 64.9 cm³/mol. The fourth-order valence-corrected chi connectivity index (χ4v) is 2.78. The largest absolute Gasteiger partial charge is 0.505 e. The molecule has 0 unspecified atom stereocenters. The number of esters is 1. The van der Waals surface area contributed by atoms with E-state index in [0.29, 0.717) is 10.2 Å². The summed E-state index contributed by atoms with van der Waals surface area (Å²) in [5.74, 6) is -0.627. The van der Waals surface area contributed by atoms with Crippen LogP contribution in [0.15, 0.2) is 16.0 Å². The zero-order valence-corrected chi connectivity index (χ0v) is 10.8. The van der Waals surface area contributed by atoms with Gasteiger partial charge in [-0.05, 0) is 28.9 Å². The fourth-order valence-electron chi connectivity index (χ4n) is 1.29. The Morgan fingerprint density at radius 3 is 3.12 bits per heavy atom. The van der Waals surface area contributed by atoms with Gasteiger partial charge in [0.25, 0.3) is 0 Å². The molecule has 0 saturated heterocycles. The van der Waals surface area contributed by atoms with Crippen LogP contribution < -0.4 is 0 Å². The molecule has 0 amide bonds. The Morgan fingerprint density at radius 2 is 2.44 bits per heavy atom. The number of nitrogens with zero attached hydrogens (tertiary/aromatic N) is 1. The molecule has 0 aromatic carbocycles. The minimum Gasteiger partial charge on any atom is -0.505 e. The van der Waals surface area contributed by atoms with Crippen LogP contribution in [-0.2, 0) is 4.74 Å². The van der Waals surface area contributed by atoms with Gasteiger partial charge in [0.2, 0.25) is 0 Å². The van der Waals surface area contributed by atoms with Crippen LogP contribution in [0.4, 0.5) is 0 Å². The molecule has 0 atom stereocenters. The number of hydrogen-bond donors (Lipinski definition) is 1. The number of carbonyl (C=O) groups is 1. The summed E-state index contributed by atoms with van der Waals surface area (Å²) in [5, 5.41) is 9.91. The summed E-state index contributed by atoms with van der Waals surface area (Å²) in [6.45, 7) is 1.98. The Hall–Kier alpha value is -1.14. The van der Waals surface area contributed by atoms with Gasteiger partial charge in [0.1, 0.15) is 5.56 Å². The Balaban J connectivity index is 2.55. The Labute approximate surface area is 104 Å². The third-order valence-corrected chi connectivity index (χ3v) is 3.61. The first-order valence-corrected chi connectivity index (χ1v) is 6.18. The lowest BCUT2D eigenvalue weighted by molar-refractivity contribution is 0.0523. The quantitative estimate of drug-likeness (QED) is 0.867. The Morgan fingerprint density at radius 1 is 1.69 bits per heavy atom. The lowest BCUT2D eigenvalue weighted by Crippen LogP contribution is -2.05. The SMILES string of the molecule is CCOC(=O)c1cnc2cc(Br)sc2c1O. The molecule has 2 heterocycles. The number of halogens is 1. The topological polar surface area (TPSA) is 59.4 Å². The van der Waals surface area contributed by atoms with Gasteiger partial charge >= 0.3 is 5.97 Å². The van der Waals surface area contributed by atoms with E-state index in [-0.39, 0.29) is 17.9 Å². The highest BCUT2D eigenvalue weighted by atomic mass is 79.9. The average molecular weight is 302 g/mol. The molecule has 2 rings (SSSR count). The lowest BCUT2D eigenvalue weighted by Gasteiger charge is -2.03. The zero-order chi connectivity index (χ0) is 11.7. The van der Waals surface area contributed by atoms with Crippen molar-refractivity contribution < 1.29 is 14.6 Å². The number of aromatic nitrogens is 1. The molecule has 0 aliphatic rings. The molecule has 0 fully saturated rings. The van der Waals surface area contributed by atoms with Crippen molar-refractivity contribution in [2.24, 2.45) is 0 Å². The molecule has 4 nitrogen and oxygen atoms in total. The highest BCUT2D eigenvalue weighted by Gasteiger charge is 2.17. The van der Waals surface area contributed by atoms with Crippen molar-refractivity contribution in [1.82, 2.24) is 4.98 Å². The monoisotopic (exact) mass is 301 g/mol. The number of rotatable bonds is 2. The van der Waals surface area contributed by atoms with E-state index < -0.39 is 5.97 Å². The summed E-state index contributed by atoms with van der Waals surface area (Å²) < 4.78 is 6.25. The van der Waals surface area contributed by atoms with Gasteiger partial charge in [-0.25, -0.2) is 4.79 Å². The zero-order valence-electron chi connectivity index (χ0n) is 8.36. The predicted octanol–water partition coefficient (Wildman–Crippen LogP) is 2.94. The summed E-state index contributed by atoms with van der Waals surface area (Å²) in [5.41, 5.74) is 0.756. The van der Waals surface area contributed by atoms with Gasteiger partial charge in [0.15, 0.2) is 5.75 Å². The van der Waals surface area contributed by atoms with E-state index >= 15 is 0 Å². The molecule has 0 radical (unpaired) electrons. The van der Waals surface area contributed by atoms with Crippen molar-refractivity contribution in [3.05, 3.63) is 21.6 Å². The van der Waals surface area contributed by atoms with Crippen LogP contribution in [0.25, 0.3) is 10.2 Å². The number of aromatic hydroxyl groups is 1. The Bertz CT molecular complexity index is 552. The van der Waals surface area contributed by atoms with Crippen molar-refractivity contribution in [2.45, 2.75) is 6.92 Å². The molecular weight excluding hydrogens is 294 g/mol. The van der Waals surface area contributed by atoms with E-state index in [2.05, 4.69) is 20.9 Å². The standard InChI is InChI=1S/C10H8BrNO3S/c1-2-15-10(14)5-4-12-6-3-7(11)16-9(6)8(5)13/h3-4H,2H2,1H3,(H,12,13). The summed E-state index contributed by atoms with van der Waals surface area (Å²) >= 11 is 4.63. The normalized spacial score (nSPS) is 10.6. The van der Waals surface area contributed by atoms with Crippen LogP contribution in [0.3, 0.4) is 0 Å². The van der Waals surface area contributed by atoms with Gasteiger partial charge in [-0.1, -0.05) is 0 Å². The highest BCUT2D eigenvalue weighted by Crippen LogP contribution is 2.36. The summed E-state index contributed by atoms with van der Waals surface area (Å²) in [6.07, 6.45) is 1.33. The number of carbonyl (C=O) groups excluding carboxylic acids is 1.